The van der Waals surface area contributed by atoms with Crippen molar-refractivity contribution in [3.63, 3.8) is 0 Å². The molecule has 0 amide bonds. The molecule has 3 nitrogen and oxygen atoms in total. The average molecular weight is 302 g/mol. The van der Waals surface area contributed by atoms with Crippen LogP contribution in [0.2, 0.25) is 0 Å². The Balaban J connectivity index is 2.85. The van der Waals surface area contributed by atoms with Gasteiger partial charge in [-0.15, -0.1) is 0 Å². The summed E-state index contributed by atoms with van der Waals surface area (Å²) in [6.45, 7) is 3.35. The monoisotopic (exact) mass is 301 g/mol. The Labute approximate surface area is 111 Å². The Morgan fingerprint density at radius 3 is 2.65 bits per heavy atom. The molecule has 0 saturated heterocycles. The average Bonchev–Trinajstić information content (AvgIpc) is 2.30. The summed E-state index contributed by atoms with van der Waals surface area (Å²) in [5.41, 5.74) is 6.74. The van der Waals surface area contributed by atoms with Crippen LogP contribution in [0.1, 0.15) is 25.3 Å². The highest BCUT2D eigenvalue weighted by molar-refractivity contribution is 9.10. The van der Waals surface area contributed by atoms with E-state index in [0.29, 0.717) is 6.61 Å². The highest BCUT2D eigenvalue weighted by atomic mass is 79.9. The van der Waals surface area contributed by atoms with Crippen molar-refractivity contribution in [3.8, 4) is 11.5 Å². The van der Waals surface area contributed by atoms with Crippen molar-refractivity contribution in [2.75, 3.05) is 20.3 Å². The lowest BCUT2D eigenvalue weighted by Crippen LogP contribution is -2.00. The molecule has 0 unspecified atom stereocenters. The number of rotatable bonds is 7. The van der Waals surface area contributed by atoms with Crippen LogP contribution >= 0.6 is 15.9 Å². The van der Waals surface area contributed by atoms with Crippen molar-refractivity contribution in [3.05, 3.63) is 22.2 Å². The van der Waals surface area contributed by atoms with Gasteiger partial charge in [0.2, 0.25) is 0 Å². The molecule has 1 aromatic rings. The molecule has 0 fully saturated rings. The maximum Gasteiger partial charge on any atom is 0.174 e. The second kappa shape index (κ2) is 7.56. The smallest absolute Gasteiger partial charge is 0.174 e. The number of ether oxygens (including phenoxy) is 2. The third-order valence-electron chi connectivity index (χ3n) is 2.49. The fraction of sp³-hybridized carbons (Fsp3) is 0.538. The van der Waals surface area contributed by atoms with Gasteiger partial charge < -0.3 is 15.2 Å². The summed E-state index contributed by atoms with van der Waals surface area (Å²) in [6, 6.07) is 4.13. The van der Waals surface area contributed by atoms with Gasteiger partial charge in [0.25, 0.3) is 0 Å². The summed E-state index contributed by atoms with van der Waals surface area (Å²) >= 11 is 3.51. The lowest BCUT2D eigenvalue weighted by atomic mass is 10.1. The summed E-state index contributed by atoms with van der Waals surface area (Å²) in [5.74, 6) is 1.56. The van der Waals surface area contributed by atoms with Crippen LogP contribution in [0.5, 0.6) is 11.5 Å². The predicted octanol–water partition coefficient (Wildman–Crippen LogP) is 3.14. The van der Waals surface area contributed by atoms with Crippen LogP contribution in [0.15, 0.2) is 16.6 Å². The number of aryl methyl sites for hydroxylation is 1. The van der Waals surface area contributed by atoms with Crippen LogP contribution in [0, 0.1) is 0 Å². The first-order valence-corrected chi connectivity index (χ1v) is 6.71. The van der Waals surface area contributed by atoms with Gasteiger partial charge in [-0.2, -0.15) is 0 Å². The highest BCUT2D eigenvalue weighted by Crippen LogP contribution is 2.36. The normalized spacial score (nSPS) is 10.4. The Hall–Kier alpha value is -0.740. The van der Waals surface area contributed by atoms with Crippen molar-refractivity contribution in [1.82, 2.24) is 0 Å². The van der Waals surface area contributed by atoms with Crippen molar-refractivity contribution >= 4 is 15.9 Å². The van der Waals surface area contributed by atoms with Gasteiger partial charge in [0.1, 0.15) is 0 Å². The third-order valence-corrected chi connectivity index (χ3v) is 3.08. The molecule has 0 atom stereocenters. The first-order valence-electron chi connectivity index (χ1n) is 5.92. The van der Waals surface area contributed by atoms with E-state index in [1.807, 2.05) is 13.0 Å². The zero-order valence-corrected chi connectivity index (χ0v) is 12.0. The number of unbranched alkanes of at least 4 members (excludes halogenated alkanes) is 1. The minimum absolute atomic E-state index is 0.634. The number of benzene rings is 1. The van der Waals surface area contributed by atoms with Crippen molar-refractivity contribution in [2.24, 2.45) is 5.73 Å². The molecule has 0 aromatic heterocycles. The minimum Gasteiger partial charge on any atom is -0.492 e. The first kappa shape index (κ1) is 14.3. The van der Waals surface area contributed by atoms with Gasteiger partial charge in [0.05, 0.1) is 18.2 Å². The molecular formula is C13H20BrNO2. The van der Waals surface area contributed by atoms with E-state index < -0.39 is 0 Å². The molecule has 0 saturated carbocycles. The van der Waals surface area contributed by atoms with Crippen molar-refractivity contribution < 1.29 is 9.47 Å². The molecule has 0 bridgehead atoms. The molecule has 1 rings (SSSR count). The van der Waals surface area contributed by atoms with Gasteiger partial charge >= 0.3 is 0 Å². The van der Waals surface area contributed by atoms with Crippen LogP contribution in [0.3, 0.4) is 0 Å². The molecule has 0 heterocycles. The number of hydrogen-bond acceptors (Lipinski definition) is 3. The van der Waals surface area contributed by atoms with Crippen LogP contribution in [-0.2, 0) is 6.42 Å². The Morgan fingerprint density at radius 2 is 2.06 bits per heavy atom. The lowest BCUT2D eigenvalue weighted by molar-refractivity contribution is 0.309. The van der Waals surface area contributed by atoms with E-state index >= 15 is 0 Å². The van der Waals surface area contributed by atoms with E-state index in [4.69, 9.17) is 15.2 Å². The maximum absolute atomic E-state index is 5.58. The van der Waals surface area contributed by atoms with Crippen molar-refractivity contribution in [1.29, 1.82) is 0 Å². The number of methoxy groups -OCH3 is 1. The molecule has 0 aliphatic carbocycles. The third kappa shape index (κ3) is 4.21. The van der Waals surface area contributed by atoms with E-state index in [9.17, 15) is 0 Å². The first-order chi connectivity index (χ1) is 8.22. The molecule has 0 aliphatic heterocycles. The van der Waals surface area contributed by atoms with E-state index in [-0.39, 0.29) is 0 Å². The Kier molecular flexibility index (Phi) is 6.37. The predicted molar refractivity (Wildman–Crippen MR) is 73.9 cm³/mol. The maximum atomic E-state index is 5.58. The van der Waals surface area contributed by atoms with Gasteiger partial charge in [-0.25, -0.2) is 0 Å². The second-order valence-electron chi connectivity index (χ2n) is 3.79. The summed E-state index contributed by atoms with van der Waals surface area (Å²) in [7, 11) is 1.65. The van der Waals surface area contributed by atoms with Crippen LogP contribution < -0.4 is 15.2 Å². The fourth-order valence-electron chi connectivity index (χ4n) is 1.70. The SMILES string of the molecule is CCOc1cc(CCCCN)cc(Br)c1OC. The lowest BCUT2D eigenvalue weighted by Gasteiger charge is -2.13. The molecule has 0 spiro atoms. The van der Waals surface area contributed by atoms with Crippen LogP contribution in [0.4, 0.5) is 0 Å². The topological polar surface area (TPSA) is 44.5 Å². The summed E-state index contributed by atoms with van der Waals surface area (Å²) in [4.78, 5) is 0. The van der Waals surface area contributed by atoms with E-state index in [1.165, 1.54) is 5.56 Å². The van der Waals surface area contributed by atoms with E-state index in [1.54, 1.807) is 7.11 Å². The van der Waals surface area contributed by atoms with Gasteiger partial charge in [-0.1, -0.05) is 0 Å². The van der Waals surface area contributed by atoms with Crippen LogP contribution in [0.25, 0.3) is 0 Å². The zero-order chi connectivity index (χ0) is 12.7. The van der Waals surface area contributed by atoms with Gasteiger partial charge in [-0.05, 0) is 66.4 Å². The van der Waals surface area contributed by atoms with E-state index in [2.05, 4.69) is 22.0 Å². The number of hydrogen-bond donors (Lipinski definition) is 1. The molecule has 96 valence electrons. The van der Waals surface area contributed by atoms with Crippen LogP contribution in [-0.4, -0.2) is 20.3 Å². The molecular weight excluding hydrogens is 282 g/mol. The minimum atomic E-state index is 0.634. The van der Waals surface area contributed by atoms with Gasteiger partial charge in [0.15, 0.2) is 11.5 Å². The summed E-state index contributed by atoms with van der Waals surface area (Å²) in [5, 5.41) is 0. The molecule has 4 heteroatoms. The molecule has 0 radical (unpaired) electrons. The molecule has 17 heavy (non-hydrogen) atoms. The van der Waals surface area contributed by atoms with Crippen molar-refractivity contribution in [2.45, 2.75) is 26.2 Å². The Morgan fingerprint density at radius 1 is 1.29 bits per heavy atom. The molecule has 1 aromatic carbocycles. The van der Waals surface area contributed by atoms with Gasteiger partial charge in [-0.3, -0.25) is 0 Å². The highest BCUT2D eigenvalue weighted by Gasteiger charge is 2.10. The fourth-order valence-corrected chi connectivity index (χ4v) is 2.35. The molecule has 0 aliphatic rings. The second-order valence-corrected chi connectivity index (χ2v) is 4.64. The Bertz CT molecular complexity index is 356. The van der Waals surface area contributed by atoms with Gasteiger partial charge in [0, 0.05) is 0 Å². The number of halogens is 1. The molecule has 2 N–H and O–H groups in total. The quantitative estimate of drug-likeness (QED) is 0.787. The van der Waals surface area contributed by atoms with E-state index in [0.717, 1.165) is 41.8 Å². The summed E-state index contributed by atoms with van der Waals surface area (Å²) in [6.07, 6.45) is 3.16. The zero-order valence-electron chi connectivity index (χ0n) is 10.5. The standard InChI is InChI=1S/C13H20BrNO2/c1-3-17-12-9-10(6-4-5-7-15)8-11(14)13(12)16-2/h8-9H,3-7,15H2,1-2H3. The largest absolute Gasteiger partial charge is 0.492 e. The number of nitrogens with two attached hydrogens (primary N) is 1. The summed E-state index contributed by atoms with van der Waals surface area (Å²) < 4.78 is 11.8.